The van der Waals surface area contributed by atoms with Gasteiger partial charge >= 0.3 is 26.2 Å². The molecule has 101 heavy (non-hydrogen) atoms. The first-order valence-electron chi connectivity index (χ1n) is 41.3. The molecule has 0 aromatic carbocycles. The van der Waals surface area contributed by atoms with Crippen LogP contribution in [-0.4, -0.2) is 153 Å². The van der Waals surface area contributed by atoms with Crippen molar-refractivity contribution in [3.05, 3.63) is 0 Å². The van der Waals surface area contributed by atoms with Crippen LogP contribution in [0.2, 0.25) is 0 Å². The van der Waals surface area contributed by atoms with Gasteiger partial charge in [-0.15, -0.1) is 0 Å². The van der Waals surface area contributed by atoms with Crippen molar-refractivity contribution < 1.29 is 122 Å². The third-order valence-electron chi connectivity index (χ3n) is 16.7. The Hall–Kier alpha value is 0.0831. The summed E-state index contributed by atoms with van der Waals surface area (Å²) < 4.78 is 93.7. The first kappa shape index (κ1) is 110. The Labute approximate surface area is 641 Å². The van der Waals surface area contributed by atoms with Crippen LogP contribution >= 0.6 is 0 Å². The summed E-state index contributed by atoms with van der Waals surface area (Å²) in [6.07, 6.45) is 30.6. The van der Waals surface area contributed by atoms with E-state index in [2.05, 4.69) is 111 Å². The first-order valence-corrected chi connectivity index (χ1v) is 41.3. The summed E-state index contributed by atoms with van der Waals surface area (Å²) in [6, 6.07) is 0. The van der Waals surface area contributed by atoms with E-state index in [9.17, 15) is 20.4 Å². The summed E-state index contributed by atoms with van der Waals surface area (Å²) in [7, 11) is 0. The normalized spacial score (nSPS) is 12.6. The van der Waals surface area contributed by atoms with Crippen molar-refractivity contribution in [1.29, 1.82) is 0 Å². The van der Waals surface area contributed by atoms with E-state index in [0.29, 0.717) is 131 Å². The number of hydrogen-bond acceptors (Lipinski definition) is 20. The van der Waals surface area contributed by atoms with E-state index < -0.39 is 47.0 Å². The minimum Gasteiger partial charge on any atom is -0.803 e. The Morgan fingerprint density at radius 2 is 0.228 bits per heavy atom. The topological polar surface area (TPSA) is 240 Å². The van der Waals surface area contributed by atoms with Crippen LogP contribution in [0.4, 0.5) is 0 Å². The molecule has 0 saturated heterocycles. The molecule has 21 heteroatoms. The summed E-state index contributed by atoms with van der Waals surface area (Å²) >= 11 is 0. The molecular weight excluding hydrogens is 1370 g/mol. The second-order valence-corrected chi connectivity index (χ2v) is 25.9. The van der Waals surface area contributed by atoms with Crippen LogP contribution in [0.3, 0.4) is 0 Å². The third-order valence-corrected chi connectivity index (χ3v) is 16.7. The molecule has 0 aromatic rings. The summed E-state index contributed by atoms with van der Waals surface area (Å²) in [6.45, 7) is 47.4. The molecule has 0 N–H and O–H groups in total. The Morgan fingerprint density at radius 3 is 0.297 bits per heavy atom. The molecule has 0 rings (SSSR count). The molecular formula is C80H164O20Zr. The molecule has 0 saturated carbocycles. The van der Waals surface area contributed by atoms with Gasteiger partial charge in [-0.25, -0.2) is 0 Å². The summed E-state index contributed by atoms with van der Waals surface area (Å²) in [5.41, 5.74) is 0. The van der Waals surface area contributed by atoms with Crippen molar-refractivity contribution in [3.8, 4) is 0 Å². The Balaban J connectivity index is -0.000000404. The average molecular weight is 1540 g/mol. The van der Waals surface area contributed by atoms with Crippen LogP contribution in [-0.2, 0) is 102 Å². The van der Waals surface area contributed by atoms with Gasteiger partial charge < -0.3 is 96.2 Å². The molecule has 0 spiro atoms. The monoisotopic (exact) mass is 1540 g/mol. The Bertz CT molecular complexity index is 1340. The second-order valence-electron chi connectivity index (χ2n) is 25.9. The molecule has 608 valence electrons. The average Bonchev–Trinajstić information content (AvgIpc) is 0.815. The fourth-order valence-corrected chi connectivity index (χ4v) is 9.46. The van der Waals surface area contributed by atoms with Gasteiger partial charge in [0, 0.05) is 78.5 Å². The van der Waals surface area contributed by atoms with Crippen molar-refractivity contribution in [2.75, 3.05) is 106 Å². The third kappa shape index (κ3) is 46.4. The van der Waals surface area contributed by atoms with Crippen molar-refractivity contribution in [3.63, 3.8) is 0 Å². The van der Waals surface area contributed by atoms with Crippen LogP contribution in [0, 0.1) is 0 Å². The van der Waals surface area contributed by atoms with Gasteiger partial charge in [0.1, 0.15) is 0 Å². The number of unbranched alkanes of at least 4 members (excludes halogenated alkanes) is 16. The summed E-state index contributed by atoms with van der Waals surface area (Å²) in [5, 5.41) is 54.4. The van der Waals surface area contributed by atoms with Crippen LogP contribution in [0.25, 0.3) is 0 Å². The van der Waals surface area contributed by atoms with Crippen LogP contribution in [0.15, 0.2) is 0 Å². The van der Waals surface area contributed by atoms with Crippen molar-refractivity contribution in [2.24, 2.45) is 0 Å². The predicted octanol–water partition coefficient (Wildman–Crippen LogP) is 17.5. The number of ether oxygens (including phenoxy) is 16. The maximum atomic E-state index is 13.6. The van der Waals surface area contributed by atoms with Crippen LogP contribution in [0.5, 0.6) is 0 Å². The molecule has 0 aliphatic heterocycles. The number of rotatable bonds is 72. The maximum Gasteiger partial charge on any atom is 4.00 e. The van der Waals surface area contributed by atoms with E-state index in [4.69, 9.17) is 75.8 Å². The van der Waals surface area contributed by atoms with Crippen molar-refractivity contribution in [1.82, 2.24) is 0 Å². The largest absolute Gasteiger partial charge is 4.00 e. The molecule has 0 unspecified atom stereocenters. The van der Waals surface area contributed by atoms with E-state index in [1.165, 1.54) is 0 Å². The zero-order valence-electron chi connectivity index (χ0n) is 69.4. The van der Waals surface area contributed by atoms with Crippen LogP contribution < -0.4 is 20.4 Å². The van der Waals surface area contributed by atoms with Gasteiger partial charge in [0.05, 0.1) is 52.9 Å². The van der Waals surface area contributed by atoms with E-state index >= 15 is 0 Å². The van der Waals surface area contributed by atoms with Gasteiger partial charge in [-0.3, -0.25) is 0 Å². The fraction of sp³-hybridized carbons (Fsp3) is 1.00. The van der Waals surface area contributed by atoms with E-state index in [1.54, 1.807) is 0 Å². The van der Waals surface area contributed by atoms with E-state index in [-0.39, 0.29) is 26.2 Å². The van der Waals surface area contributed by atoms with E-state index in [1.807, 2.05) is 27.7 Å². The molecule has 20 nitrogen and oxygen atoms in total. The van der Waals surface area contributed by atoms with E-state index in [0.717, 1.165) is 205 Å². The molecule has 0 atom stereocenters. The van der Waals surface area contributed by atoms with Gasteiger partial charge in [0.25, 0.3) is 0 Å². The predicted molar refractivity (Wildman–Crippen MR) is 397 cm³/mol. The fourth-order valence-electron chi connectivity index (χ4n) is 9.46. The van der Waals surface area contributed by atoms with Crippen LogP contribution in [0.1, 0.15) is 370 Å². The number of hydrogen-bond donors (Lipinski definition) is 0. The Morgan fingerprint density at radius 1 is 0.149 bits per heavy atom. The molecule has 0 aliphatic carbocycles. The first-order chi connectivity index (χ1) is 48.2. The summed E-state index contributed by atoms with van der Waals surface area (Å²) in [4.78, 5) is 0. The van der Waals surface area contributed by atoms with Gasteiger partial charge in [-0.2, -0.15) is 0 Å². The zero-order chi connectivity index (χ0) is 76.1. The molecule has 0 fully saturated rings. The standard InChI is InChI=1S/4C20H41O5.Zr/c4*1-6-11-15-22-19(10-5,23-16-12-7-2)20(21,24-17-13-8-3)25-18-14-9-4;/h4*6-18H2,1-5H3;/q4*-1;+4. The maximum absolute atomic E-state index is 13.6. The second kappa shape index (κ2) is 72.9. The van der Waals surface area contributed by atoms with Crippen molar-refractivity contribution >= 4 is 0 Å². The molecule has 0 heterocycles. The molecule has 0 amide bonds. The van der Waals surface area contributed by atoms with Gasteiger partial charge in [-0.05, 0) is 103 Å². The minimum atomic E-state index is -2.13. The minimum absolute atomic E-state index is 0. The molecule has 0 radical (unpaired) electrons. The molecule has 0 aromatic heterocycles. The van der Waals surface area contributed by atoms with Crippen molar-refractivity contribution in [2.45, 2.75) is 417 Å². The SMILES string of the molecule is CCCCOC([O-])(OCCCC)C(CC)(OCCCC)OCCCC.CCCCOC([O-])(OCCCC)C(CC)(OCCCC)OCCCC.CCCCOC([O-])(OCCCC)C(CC)(OCCCC)OCCCC.CCCCOC([O-])(OCCCC)C(CC)(OCCCC)OCCCC.[Zr+4]. The van der Waals surface area contributed by atoms with Gasteiger partial charge in [-0.1, -0.05) is 241 Å². The van der Waals surface area contributed by atoms with Gasteiger partial charge in [0.15, 0.2) is 23.9 Å². The van der Waals surface area contributed by atoms with Gasteiger partial charge in [0.2, 0.25) is 23.1 Å². The Kier molecular flexibility index (Phi) is 79.2. The molecule has 0 bridgehead atoms. The smallest absolute Gasteiger partial charge is 0.803 e. The zero-order valence-corrected chi connectivity index (χ0v) is 71.9. The molecule has 0 aliphatic rings. The summed E-state index contributed by atoms with van der Waals surface area (Å²) in [5.74, 6) is -14.1. The quantitative estimate of drug-likeness (QED) is 0.0406.